The van der Waals surface area contributed by atoms with E-state index in [1.165, 1.54) is 8.61 Å². The van der Waals surface area contributed by atoms with Gasteiger partial charge in [0.25, 0.3) is 10.2 Å². The Morgan fingerprint density at radius 1 is 1.06 bits per heavy atom. The van der Waals surface area contributed by atoms with Crippen LogP contribution in [0.2, 0.25) is 0 Å². The summed E-state index contributed by atoms with van der Waals surface area (Å²) in [5, 5.41) is 9.09. The molecule has 0 aromatic heterocycles. The van der Waals surface area contributed by atoms with Gasteiger partial charge in [-0.15, -0.1) is 0 Å². The molecule has 6 nitrogen and oxygen atoms in total. The normalized spacial score (nSPS) is 28.4. The van der Waals surface area contributed by atoms with Crippen molar-refractivity contribution in [3.8, 4) is 0 Å². The minimum Gasteiger partial charge on any atom is -0.480 e. The molecule has 0 aromatic rings. The molecule has 0 aromatic carbocycles. The van der Waals surface area contributed by atoms with Crippen LogP contribution in [-0.4, -0.2) is 53.8 Å². The van der Waals surface area contributed by atoms with Gasteiger partial charge in [0, 0.05) is 19.6 Å². The van der Waals surface area contributed by atoms with Gasteiger partial charge in [0.05, 0.1) is 0 Å². The highest BCUT2D eigenvalue weighted by Gasteiger charge is 2.40. The molecule has 17 heavy (non-hydrogen) atoms. The Labute approximate surface area is 101 Å². The zero-order chi connectivity index (χ0) is 12.5. The average Bonchev–Trinajstić information content (AvgIpc) is 2.83. The molecule has 2 saturated heterocycles. The van der Waals surface area contributed by atoms with Crippen molar-refractivity contribution in [1.82, 2.24) is 8.61 Å². The van der Waals surface area contributed by atoms with Crippen LogP contribution in [0.1, 0.15) is 32.1 Å². The van der Waals surface area contributed by atoms with Crippen molar-refractivity contribution >= 4 is 16.2 Å². The van der Waals surface area contributed by atoms with E-state index in [-0.39, 0.29) is 0 Å². The zero-order valence-electron chi connectivity index (χ0n) is 9.71. The monoisotopic (exact) mass is 262 g/mol. The summed E-state index contributed by atoms with van der Waals surface area (Å²) in [6.07, 6.45) is 3.68. The minimum absolute atomic E-state index is 0.329. The molecular formula is C10H18N2O4S. The third-order valence-electron chi connectivity index (χ3n) is 3.43. The van der Waals surface area contributed by atoms with E-state index in [4.69, 9.17) is 5.11 Å². The predicted octanol–water partition coefficient (Wildman–Crippen LogP) is 0.266. The number of carboxylic acids is 1. The Balaban J connectivity index is 2.20. The number of nitrogens with zero attached hydrogens (tertiary/aromatic N) is 2. The summed E-state index contributed by atoms with van der Waals surface area (Å²) in [5.41, 5.74) is 0. The number of rotatable bonds is 3. The second kappa shape index (κ2) is 4.91. The summed E-state index contributed by atoms with van der Waals surface area (Å²) in [4.78, 5) is 11.1. The van der Waals surface area contributed by atoms with E-state index in [0.29, 0.717) is 26.1 Å². The van der Waals surface area contributed by atoms with Gasteiger partial charge in [0.15, 0.2) is 0 Å². The lowest BCUT2D eigenvalue weighted by atomic mass is 10.1. The standard InChI is InChI=1S/C10H18N2O4S/c13-10(14)9-5-1-2-8-12(9)17(15,16)11-6-3-4-7-11/h9H,1-8H2,(H,13,14)/t9-/m1/s1. The maximum absolute atomic E-state index is 12.3. The van der Waals surface area contributed by atoms with Gasteiger partial charge < -0.3 is 5.11 Å². The van der Waals surface area contributed by atoms with Crippen molar-refractivity contribution in [2.75, 3.05) is 19.6 Å². The lowest BCUT2D eigenvalue weighted by molar-refractivity contribution is -0.142. The molecule has 2 aliphatic heterocycles. The first-order valence-electron chi connectivity index (χ1n) is 6.03. The molecule has 2 fully saturated rings. The summed E-state index contributed by atoms with van der Waals surface area (Å²) >= 11 is 0. The fourth-order valence-electron chi connectivity index (χ4n) is 2.50. The number of hydrogen-bond acceptors (Lipinski definition) is 3. The van der Waals surface area contributed by atoms with Crippen molar-refractivity contribution in [2.24, 2.45) is 0 Å². The van der Waals surface area contributed by atoms with Gasteiger partial charge in [-0.2, -0.15) is 17.0 Å². The molecule has 2 heterocycles. The van der Waals surface area contributed by atoms with Gasteiger partial charge in [0.2, 0.25) is 0 Å². The van der Waals surface area contributed by atoms with Crippen molar-refractivity contribution in [1.29, 1.82) is 0 Å². The summed E-state index contributed by atoms with van der Waals surface area (Å²) < 4.78 is 27.2. The quantitative estimate of drug-likeness (QED) is 0.791. The van der Waals surface area contributed by atoms with E-state index in [1.54, 1.807) is 0 Å². The molecule has 0 amide bonds. The van der Waals surface area contributed by atoms with Gasteiger partial charge >= 0.3 is 5.97 Å². The lowest BCUT2D eigenvalue weighted by Crippen LogP contribution is -2.52. The van der Waals surface area contributed by atoms with Crippen LogP contribution in [-0.2, 0) is 15.0 Å². The Kier molecular flexibility index (Phi) is 3.70. The number of carboxylic acid groups (broad SMARTS) is 1. The van der Waals surface area contributed by atoms with Crippen LogP contribution in [0.4, 0.5) is 0 Å². The second-order valence-electron chi connectivity index (χ2n) is 4.57. The van der Waals surface area contributed by atoms with Crippen LogP contribution in [0.3, 0.4) is 0 Å². The fraction of sp³-hybridized carbons (Fsp3) is 0.900. The highest BCUT2D eigenvalue weighted by Crippen LogP contribution is 2.25. The van der Waals surface area contributed by atoms with E-state index in [2.05, 4.69) is 0 Å². The molecule has 2 aliphatic rings. The molecule has 0 saturated carbocycles. The second-order valence-corrected chi connectivity index (χ2v) is 6.46. The van der Waals surface area contributed by atoms with Gasteiger partial charge in [-0.3, -0.25) is 4.79 Å². The summed E-state index contributed by atoms with van der Waals surface area (Å²) in [7, 11) is -3.57. The molecule has 0 bridgehead atoms. The first kappa shape index (κ1) is 12.8. The Morgan fingerprint density at radius 3 is 2.24 bits per heavy atom. The number of aliphatic carboxylic acids is 1. The van der Waals surface area contributed by atoms with E-state index in [9.17, 15) is 13.2 Å². The topological polar surface area (TPSA) is 77.9 Å². The van der Waals surface area contributed by atoms with Crippen LogP contribution in [0.25, 0.3) is 0 Å². The van der Waals surface area contributed by atoms with Crippen molar-refractivity contribution < 1.29 is 18.3 Å². The van der Waals surface area contributed by atoms with Gasteiger partial charge in [-0.25, -0.2) is 0 Å². The van der Waals surface area contributed by atoms with Crippen molar-refractivity contribution in [2.45, 2.75) is 38.1 Å². The maximum atomic E-state index is 12.3. The molecule has 0 aliphatic carbocycles. The largest absolute Gasteiger partial charge is 0.480 e. The predicted molar refractivity (Wildman–Crippen MR) is 61.7 cm³/mol. The fourth-order valence-corrected chi connectivity index (χ4v) is 4.39. The van der Waals surface area contributed by atoms with E-state index < -0.39 is 22.2 Å². The van der Waals surface area contributed by atoms with Crippen LogP contribution in [0.5, 0.6) is 0 Å². The molecule has 0 spiro atoms. The molecule has 2 rings (SSSR count). The van der Waals surface area contributed by atoms with E-state index in [0.717, 1.165) is 25.7 Å². The summed E-state index contributed by atoms with van der Waals surface area (Å²) in [6.45, 7) is 1.37. The van der Waals surface area contributed by atoms with E-state index >= 15 is 0 Å². The van der Waals surface area contributed by atoms with Crippen LogP contribution < -0.4 is 0 Å². The van der Waals surface area contributed by atoms with Crippen LogP contribution in [0, 0.1) is 0 Å². The summed E-state index contributed by atoms with van der Waals surface area (Å²) in [6, 6.07) is -0.880. The third kappa shape index (κ3) is 2.46. The van der Waals surface area contributed by atoms with E-state index in [1.807, 2.05) is 0 Å². The molecule has 1 N–H and O–H groups in total. The zero-order valence-corrected chi connectivity index (χ0v) is 10.5. The highest BCUT2D eigenvalue weighted by molar-refractivity contribution is 7.86. The molecular weight excluding hydrogens is 244 g/mol. The first-order chi connectivity index (χ1) is 8.03. The van der Waals surface area contributed by atoms with Gasteiger partial charge in [0.1, 0.15) is 6.04 Å². The molecule has 0 radical (unpaired) electrons. The SMILES string of the molecule is O=C(O)[C@H]1CCCCN1S(=O)(=O)N1CCCC1. The van der Waals surface area contributed by atoms with Crippen molar-refractivity contribution in [3.05, 3.63) is 0 Å². The number of carbonyl (C=O) groups is 1. The van der Waals surface area contributed by atoms with Crippen LogP contribution in [0.15, 0.2) is 0 Å². The number of hydrogen-bond donors (Lipinski definition) is 1. The number of piperidine rings is 1. The smallest absolute Gasteiger partial charge is 0.322 e. The Hall–Kier alpha value is -0.660. The molecule has 0 unspecified atom stereocenters. The first-order valence-corrected chi connectivity index (χ1v) is 7.43. The van der Waals surface area contributed by atoms with Gasteiger partial charge in [-0.05, 0) is 32.1 Å². The molecule has 98 valence electrons. The molecule has 1 atom stereocenters. The lowest BCUT2D eigenvalue weighted by Gasteiger charge is -2.34. The Bertz CT molecular complexity index is 389. The highest BCUT2D eigenvalue weighted by atomic mass is 32.2. The summed E-state index contributed by atoms with van der Waals surface area (Å²) in [5.74, 6) is -1.03. The third-order valence-corrected chi connectivity index (χ3v) is 5.47. The maximum Gasteiger partial charge on any atom is 0.322 e. The average molecular weight is 262 g/mol. The Morgan fingerprint density at radius 2 is 1.65 bits per heavy atom. The van der Waals surface area contributed by atoms with Crippen molar-refractivity contribution in [3.63, 3.8) is 0 Å². The minimum atomic E-state index is -3.57. The van der Waals surface area contributed by atoms with Gasteiger partial charge in [-0.1, -0.05) is 0 Å². The molecule has 7 heteroatoms. The van der Waals surface area contributed by atoms with Crippen LogP contribution >= 0.6 is 0 Å².